The zero-order valence-electron chi connectivity index (χ0n) is 19.2. The number of likely N-dealkylation sites (tertiary alicyclic amines) is 1. The van der Waals surface area contributed by atoms with Crippen LogP contribution in [0.15, 0.2) is 55.1 Å². The number of hydrogen-bond donors (Lipinski definition) is 0. The van der Waals surface area contributed by atoms with Crippen molar-refractivity contribution in [2.24, 2.45) is 0 Å². The highest BCUT2D eigenvalue weighted by molar-refractivity contribution is 5.37. The molecule has 6 heteroatoms. The molecule has 1 aliphatic heterocycles. The Balaban J connectivity index is 1.23. The lowest BCUT2D eigenvalue weighted by Gasteiger charge is -2.40. The quantitative estimate of drug-likeness (QED) is 0.574. The largest absolute Gasteiger partial charge is 0.496 e. The molecule has 0 saturated carbocycles. The Labute approximate surface area is 190 Å². The molecular weight excluding hydrogens is 398 g/mol. The van der Waals surface area contributed by atoms with E-state index in [1.807, 2.05) is 4.68 Å². The maximum Gasteiger partial charge on any atom is 0.137 e. The molecule has 1 aliphatic carbocycles. The normalized spacial score (nSPS) is 19.4. The minimum absolute atomic E-state index is 0.591. The lowest BCUT2D eigenvalue weighted by Crippen LogP contribution is -2.50. The van der Waals surface area contributed by atoms with Gasteiger partial charge in [-0.15, -0.1) is 0 Å². The maximum absolute atomic E-state index is 5.59. The molecular formula is C26H33N5O. The van der Waals surface area contributed by atoms with E-state index in [1.165, 1.54) is 37.8 Å². The van der Waals surface area contributed by atoms with Crippen LogP contribution in [0, 0.1) is 0 Å². The van der Waals surface area contributed by atoms with E-state index >= 15 is 0 Å². The molecule has 1 unspecified atom stereocenters. The van der Waals surface area contributed by atoms with Crippen molar-refractivity contribution in [2.75, 3.05) is 27.2 Å². The van der Waals surface area contributed by atoms with Gasteiger partial charge in [-0.2, -0.15) is 5.10 Å². The predicted molar refractivity (Wildman–Crippen MR) is 126 cm³/mol. The van der Waals surface area contributed by atoms with E-state index in [2.05, 4.69) is 69.4 Å². The van der Waals surface area contributed by atoms with Gasteiger partial charge in [-0.05, 0) is 68.1 Å². The lowest BCUT2D eigenvalue weighted by atomic mass is 10.0. The standard InChI is InChI=1S/C26H33N5O/c1-29(15-20-9-10-26(32-2)23(12-20)16-31-19-27-18-28-31)24-8-5-11-30(17-24)25-13-21-6-3-4-7-22(21)14-25/h3-4,6-7,9-10,12,18-19,24-25H,5,8,11,13-17H2,1-2H3. The van der Waals surface area contributed by atoms with Crippen LogP contribution in [0.2, 0.25) is 0 Å². The summed E-state index contributed by atoms with van der Waals surface area (Å²) in [5.41, 5.74) is 5.55. The van der Waals surface area contributed by atoms with Crippen LogP contribution >= 0.6 is 0 Å². The molecule has 0 spiro atoms. The van der Waals surface area contributed by atoms with E-state index in [9.17, 15) is 0 Å². The summed E-state index contributed by atoms with van der Waals surface area (Å²) in [5, 5.41) is 4.25. The van der Waals surface area contributed by atoms with E-state index in [0.29, 0.717) is 18.6 Å². The number of ether oxygens (including phenoxy) is 1. The van der Waals surface area contributed by atoms with Gasteiger partial charge in [0.1, 0.15) is 18.4 Å². The molecule has 1 aromatic heterocycles. The number of piperidine rings is 1. The SMILES string of the molecule is COc1ccc(CN(C)C2CCCN(C3Cc4ccccc4C3)C2)cc1Cn1cncn1. The summed E-state index contributed by atoms with van der Waals surface area (Å²) in [6.45, 7) is 4.00. The number of likely N-dealkylation sites (N-methyl/N-ethyl adjacent to an activating group) is 1. The summed E-state index contributed by atoms with van der Waals surface area (Å²) in [5.74, 6) is 0.900. The molecule has 0 amide bonds. The molecule has 3 aromatic rings. The van der Waals surface area contributed by atoms with Crippen molar-refractivity contribution in [1.82, 2.24) is 24.6 Å². The predicted octanol–water partition coefficient (Wildman–Crippen LogP) is 3.40. The Hall–Kier alpha value is -2.70. The third kappa shape index (κ3) is 4.57. The van der Waals surface area contributed by atoms with E-state index < -0.39 is 0 Å². The zero-order chi connectivity index (χ0) is 21.9. The van der Waals surface area contributed by atoms with Gasteiger partial charge in [0.15, 0.2) is 0 Å². The summed E-state index contributed by atoms with van der Waals surface area (Å²) >= 11 is 0. The van der Waals surface area contributed by atoms with Crippen molar-refractivity contribution in [3.8, 4) is 5.75 Å². The Bertz CT molecular complexity index is 1010. The molecule has 0 bridgehead atoms. The van der Waals surface area contributed by atoms with Crippen molar-refractivity contribution in [3.05, 3.63) is 77.4 Å². The van der Waals surface area contributed by atoms with Crippen LogP contribution in [0.1, 0.15) is 35.1 Å². The summed E-state index contributed by atoms with van der Waals surface area (Å²) in [4.78, 5) is 9.34. The fraction of sp³-hybridized carbons (Fsp3) is 0.462. The highest BCUT2D eigenvalue weighted by Gasteiger charge is 2.31. The fourth-order valence-electron chi connectivity index (χ4n) is 5.43. The minimum Gasteiger partial charge on any atom is -0.496 e. The van der Waals surface area contributed by atoms with Crippen molar-refractivity contribution in [3.63, 3.8) is 0 Å². The minimum atomic E-state index is 0.591. The van der Waals surface area contributed by atoms with Gasteiger partial charge in [0.05, 0.1) is 13.7 Å². The van der Waals surface area contributed by atoms with Gasteiger partial charge in [0.2, 0.25) is 0 Å². The van der Waals surface area contributed by atoms with Crippen molar-refractivity contribution < 1.29 is 4.74 Å². The Kier molecular flexibility index (Phi) is 6.23. The lowest BCUT2D eigenvalue weighted by molar-refractivity contribution is 0.0835. The molecule has 168 valence electrons. The van der Waals surface area contributed by atoms with Gasteiger partial charge in [-0.1, -0.05) is 30.3 Å². The zero-order valence-corrected chi connectivity index (χ0v) is 19.2. The molecule has 2 aliphatic rings. The van der Waals surface area contributed by atoms with Gasteiger partial charge >= 0.3 is 0 Å². The Morgan fingerprint density at radius 1 is 1.12 bits per heavy atom. The number of methoxy groups -OCH3 is 1. The number of nitrogens with zero attached hydrogens (tertiary/aromatic N) is 5. The van der Waals surface area contributed by atoms with Crippen LogP contribution in [0.3, 0.4) is 0 Å². The smallest absolute Gasteiger partial charge is 0.137 e. The average molecular weight is 432 g/mol. The number of aromatic nitrogens is 3. The highest BCUT2D eigenvalue weighted by Crippen LogP contribution is 2.29. The number of rotatable bonds is 7. The van der Waals surface area contributed by atoms with Crippen LogP contribution in [-0.4, -0.2) is 63.9 Å². The second-order valence-electron chi connectivity index (χ2n) is 9.28. The summed E-state index contributed by atoms with van der Waals surface area (Å²) in [6, 6.07) is 16.8. The second kappa shape index (κ2) is 9.43. The van der Waals surface area contributed by atoms with Gasteiger partial charge in [-0.25, -0.2) is 9.67 Å². The Morgan fingerprint density at radius 2 is 1.94 bits per heavy atom. The topological polar surface area (TPSA) is 46.4 Å². The van der Waals surface area contributed by atoms with Crippen LogP contribution < -0.4 is 4.74 Å². The first-order valence-corrected chi connectivity index (χ1v) is 11.7. The van der Waals surface area contributed by atoms with Crippen LogP contribution in [0.25, 0.3) is 0 Å². The summed E-state index contributed by atoms with van der Waals surface area (Å²) < 4.78 is 7.42. The molecule has 1 saturated heterocycles. The number of benzene rings is 2. The van der Waals surface area contributed by atoms with E-state index in [-0.39, 0.29) is 0 Å². The summed E-state index contributed by atoms with van der Waals surface area (Å²) in [7, 11) is 4.00. The van der Waals surface area contributed by atoms with E-state index in [4.69, 9.17) is 4.74 Å². The molecule has 0 N–H and O–H groups in total. The molecule has 0 radical (unpaired) electrons. The van der Waals surface area contributed by atoms with Gasteiger partial charge in [0.25, 0.3) is 0 Å². The van der Waals surface area contributed by atoms with E-state index in [0.717, 1.165) is 24.4 Å². The molecule has 2 heterocycles. The molecule has 1 atom stereocenters. The highest BCUT2D eigenvalue weighted by atomic mass is 16.5. The van der Waals surface area contributed by atoms with Crippen LogP contribution in [0.5, 0.6) is 5.75 Å². The molecule has 1 fully saturated rings. The molecule has 32 heavy (non-hydrogen) atoms. The first-order chi connectivity index (χ1) is 15.7. The van der Waals surface area contributed by atoms with Gasteiger partial charge < -0.3 is 4.74 Å². The van der Waals surface area contributed by atoms with Gasteiger partial charge in [-0.3, -0.25) is 9.80 Å². The second-order valence-corrected chi connectivity index (χ2v) is 9.28. The average Bonchev–Trinajstić information content (AvgIpc) is 3.49. The summed E-state index contributed by atoms with van der Waals surface area (Å²) in [6.07, 6.45) is 8.28. The third-order valence-corrected chi connectivity index (χ3v) is 7.17. The third-order valence-electron chi connectivity index (χ3n) is 7.17. The van der Waals surface area contributed by atoms with Gasteiger partial charge in [0, 0.05) is 30.7 Å². The molecule has 5 rings (SSSR count). The first kappa shape index (κ1) is 21.2. The van der Waals surface area contributed by atoms with Crippen LogP contribution in [-0.2, 0) is 25.9 Å². The fourth-order valence-corrected chi connectivity index (χ4v) is 5.43. The first-order valence-electron chi connectivity index (χ1n) is 11.7. The number of hydrogen-bond acceptors (Lipinski definition) is 5. The van der Waals surface area contributed by atoms with Crippen LogP contribution in [0.4, 0.5) is 0 Å². The van der Waals surface area contributed by atoms with E-state index in [1.54, 1.807) is 30.9 Å². The maximum atomic E-state index is 5.59. The van der Waals surface area contributed by atoms with Crippen molar-refractivity contribution >= 4 is 0 Å². The monoisotopic (exact) mass is 431 g/mol. The Morgan fingerprint density at radius 3 is 2.66 bits per heavy atom. The van der Waals surface area contributed by atoms with Crippen molar-refractivity contribution in [2.45, 2.75) is 50.9 Å². The molecule has 6 nitrogen and oxygen atoms in total. The molecule has 2 aromatic carbocycles. The van der Waals surface area contributed by atoms with Crippen molar-refractivity contribution in [1.29, 1.82) is 0 Å². The number of fused-ring (bicyclic) bond motifs is 1.